The van der Waals surface area contributed by atoms with E-state index in [2.05, 4.69) is 29.1 Å². The molecule has 0 aromatic carbocycles. The second-order valence-corrected chi connectivity index (χ2v) is 4.62. The van der Waals surface area contributed by atoms with E-state index in [0.717, 1.165) is 10.9 Å². The van der Waals surface area contributed by atoms with Crippen LogP contribution >= 0.6 is 10.9 Å². The van der Waals surface area contributed by atoms with Crippen LogP contribution in [-0.4, -0.2) is 22.5 Å². The average Bonchev–Trinajstić information content (AvgIpc) is 2.05. The van der Waals surface area contributed by atoms with Crippen molar-refractivity contribution < 1.29 is 0 Å². The van der Waals surface area contributed by atoms with Gasteiger partial charge in [-0.3, -0.25) is 0 Å². The number of aromatic nitrogens is 2. The molecular weight excluding hydrogens is 156 g/mol. The molecule has 0 radical (unpaired) electrons. The molecule has 1 rings (SSSR count). The molecule has 0 fully saturated rings. The van der Waals surface area contributed by atoms with Crippen molar-refractivity contribution in [3.8, 4) is 0 Å². The van der Waals surface area contributed by atoms with Crippen LogP contribution in [0.5, 0.6) is 0 Å². The number of hydrogen-bond acceptors (Lipinski definition) is 2. The first kappa shape index (κ1) is 8.27. The van der Waals surface area contributed by atoms with Gasteiger partial charge in [-0.2, -0.15) is 0 Å². The molecule has 0 aliphatic heterocycles. The van der Waals surface area contributed by atoms with Crippen molar-refractivity contribution in [1.29, 1.82) is 0 Å². The fourth-order valence-electron chi connectivity index (χ4n) is 0.711. The molecule has 0 atom stereocenters. The Bertz CT molecular complexity index is 258. The Balaban J connectivity index is 3.00. The van der Waals surface area contributed by atoms with Crippen LogP contribution in [0.3, 0.4) is 0 Å². The Kier molecular flexibility index (Phi) is 2.65. The molecule has 1 aromatic heterocycles. The van der Waals surface area contributed by atoms with E-state index in [4.69, 9.17) is 0 Å². The summed E-state index contributed by atoms with van der Waals surface area (Å²) in [6, 6.07) is 1.96. The molecule has 0 bridgehead atoms. The molecule has 1 heterocycles. The van der Waals surface area contributed by atoms with Gasteiger partial charge >= 0.3 is 0 Å². The number of rotatable bonds is 2. The molecule has 0 saturated heterocycles. The first-order valence-electron chi connectivity index (χ1n) is 3.37. The third kappa shape index (κ3) is 2.05. The summed E-state index contributed by atoms with van der Waals surface area (Å²) in [6.45, 7) is 3.61. The SMILES string of the molecule is C=Cc1nccc([SH](C)C)n1. The van der Waals surface area contributed by atoms with Gasteiger partial charge in [-0.25, -0.2) is 20.9 Å². The van der Waals surface area contributed by atoms with Crippen LogP contribution in [0, 0.1) is 0 Å². The van der Waals surface area contributed by atoms with Gasteiger partial charge in [0, 0.05) is 6.20 Å². The van der Waals surface area contributed by atoms with Crippen LogP contribution < -0.4 is 0 Å². The van der Waals surface area contributed by atoms with E-state index in [1.54, 1.807) is 12.3 Å². The fourth-order valence-corrected chi connectivity index (χ4v) is 1.38. The van der Waals surface area contributed by atoms with Gasteiger partial charge < -0.3 is 0 Å². The highest BCUT2D eigenvalue weighted by Crippen LogP contribution is 2.24. The lowest BCUT2D eigenvalue weighted by molar-refractivity contribution is 1.02. The van der Waals surface area contributed by atoms with E-state index >= 15 is 0 Å². The Hall–Kier alpha value is -0.830. The third-order valence-electron chi connectivity index (χ3n) is 1.30. The number of thiol groups is 1. The maximum absolute atomic E-state index is 4.29. The van der Waals surface area contributed by atoms with Crippen LogP contribution in [0.15, 0.2) is 23.9 Å². The van der Waals surface area contributed by atoms with Crippen LogP contribution in [0.2, 0.25) is 0 Å². The summed E-state index contributed by atoms with van der Waals surface area (Å²) in [7, 11) is -0.116. The lowest BCUT2D eigenvalue weighted by Crippen LogP contribution is -1.90. The molecule has 11 heavy (non-hydrogen) atoms. The molecule has 60 valence electrons. The molecule has 3 heteroatoms. The maximum Gasteiger partial charge on any atom is 0.152 e. The smallest absolute Gasteiger partial charge is 0.152 e. The molecule has 0 aliphatic rings. The summed E-state index contributed by atoms with van der Waals surface area (Å²) in [5, 5.41) is 1.13. The lowest BCUT2D eigenvalue weighted by atomic mass is 10.5. The second-order valence-electron chi connectivity index (χ2n) is 2.37. The average molecular weight is 168 g/mol. The minimum atomic E-state index is -0.116. The van der Waals surface area contributed by atoms with Crippen LogP contribution in [0.25, 0.3) is 6.08 Å². The maximum atomic E-state index is 4.29. The van der Waals surface area contributed by atoms with Crippen molar-refractivity contribution >= 4 is 17.0 Å². The standard InChI is InChI=1S/C8H12N2S/c1-4-7-9-6-5-8(10-7)11(2)3/h4-6,11H,1H2,2-3H3. The van der Waals surface area contributed by atoms with Crippen molar-refractivity contribution in [2.45, 2.75) is 5.03 Å². The molecule has 0 amide bonds. The number of nitrogens with zero attached hydrogens (tertiary/aromatic N) is 2. The van der Waals surface area contributed by atoms with Gasteiger partial charge in [-0.15, -0.1) is 0 Å². The Morgan fingerprint density at radius 2 is 2.27 bits per heavy atom. The van der Waals surface area contributed by atoms with Gasteiger partial charge in [0.2, 0.25) is 0 Å². The Morgan fingerprint density at radius 3 is 2.82 bits per heavy atom. The summed E-state index contributed by atoms with van der Waals surface area (Å²) < 4.78 is 0. The van der Waals surface area contributed by atoms with E-state index in [1.807, 2.05) is 6.07 Å². The van der Waals surface area contributed by atoms with E-state index in [0.29, 0.717) is 0 Å². The van der Waals surface area contributed by atoms with Crippen molar-refractivity contribution in [2.24, 2.45) is 0 Å². The molecule has 2 nitrogen and oxygen atoms in total. The summed E-state index contributed by atoms with van der Waals surface area (Å²) in [4.78, 5) is 8.31. The predicted octanol–water partition coefficient (Wildman–Crippen LogP) is 1.74. The fraction of sp³-hybridized carbons (Fsp3) is 0.250. The van der Waals surface area contributed by atoms with Crippen molar-refractivity contribution in [2.75, 3.05) is 12.5 Å². The largest absolute Gasteiger partial charge is 0.237 e. The van der Waals surface area contributed by atoms with Gasteiger partial charge in [0.05, 0.1) is 5.03 Å². The highest BCUT2D eigenvalue weighted by atomic mass is 32.2. The Morgan fingerprint density at radius 1 is 1.55 bits per heavy atom. The highest BCUT2D eigenvalue weighted by molar-refractivity contribution is 8.15. The molecule has 1 aromatic rings. The van der Waals surface area contributed by atoms with Gasteiger partial charge in [0.25, 0.3) is 0 Å². The lowest BCUT2D eigenvalue weighted by Gasteiger charge is -2.07. The van der Waals surface area contributed by atoms with Gasteiger partial charge in [0.1, 0.15) is 0 Å². The van der Waals surface area contributed by atoms with Crippen LogP contribution in [0.1, 0.15) is 5.82 Å². The normalized spacial score (nSPS) is 10.9. The quantitative estimate of drug-likeness (QED) is 0.537. The zero-order chi connectivity index (χ0) is 8.27. The van der Waals surface area contributed by atoms with Gasteiger partial charge in [0.15, 0.2) is 5.82 Å². The topological polar surface area (TPSA) is 25.8 Å². The van der Waals surface area contributed by atoms with Crippen LogP contribution in [-0.2, 0) is 0 Å². The number of hydrogen-bond donors (Lipinski definition) is 1. The second kappa shape index (κ2) is 3.53. The monoisotopic (exact) mass is 168 g/mol. The molecule has 0 spiro atoms. The van der Waals surface area contributed by atoms with Gasteiger partial charge in [-0.05, 0) is 24.7 Å². The van der Waals surface area contributed by atoms with Crippen LogP contribution in [0.4, 0.5) is 0 Å². The van der Waals surface area contributed by atoms with Gasteiger partial charge in [-0.1, -0.05) is 6.58 Å². The third-order valence-corrected chi connectivity index (χ3v) is 2.47. The summed E-state index contributed by atoms with van der Waals surface area (Å²) in [5.41, 5.74) is 0. The molecule has 0 unspecified atom stereocenters. The van der Waals surface area contributed by atoms with E-state index in [1.165, 1.54) is 0 Å². The minimum Gasteiger partial charge on any atom is -0.237 e. The molecule has 0 saturated carbocycles. The van der Waals surface area contributed by atoms with Crippen molar-refractivity contribution in [3.63, 3.8) is 0 Å². The zero-order valence-electron chi connectivity index (χ0n) is 6.78. The molecular formula is C8H12N2S. The van der Waals surface area contributed by atoms with Crippen molar-refractivity contribution in [3.05, 3.63) is 24.7 Å². The molecule has 0 aliphatic carbocycles. The molecule has 0 N–H and O–H groups in total. The Labute approximate surface area is 69.7 Å². The summed E-state index contributed by atoms with van der Waals surface area (Å²) >= 11 is 0. The van der Waals surface area contributed by atoms with E-state index in [9.17, 15) is 0 Å². The predicted molar refractivity (Wildman–Crippen MR) is 51.2 cm³/mol. The highest BCUT2D eigenvalue weighted by Gasteiger charge is 1.96. The first-order chi connectivity index (χ1) is 5.24. The van der Waals surface area contributed by atoms with E-state index < -0.39 is 0 Å². The van der Waals surface area contributed by atoms with Crippen molar-refractivity contribution in [1.82, 2.24) is 9.97 Å². The first-order valence-corrected chi connectivity index (χ1v) is 5.60. The summed E-state index contributed by atoms with van der Waals surface area (Å²) in [5.74, 6) is 0.721. The summed E-state index contributed by atoms with van der Waals surface area (Å²) in [6.07, 6.45) is 7.79. The zero-order valence-corrected chi connectivity index (χ0v) is 7.68. The minimum absolute atomic E-state index is 0.116. The van der Waals surface area contributed by atoms with E-state index in [-0.39, 0.29) is 10.9 Å².